The Hall–Kier alpha value is -1.26. The monoisotopic (exact) mass is 251 g/mol. The van der Waals surface area contributed by atoms with Crippen molar-refractivity contribution in [2.75, 3.05) is 20.4 Å². The maximum atomic E-state index is 10.5. The zero-order valence-electron chi connectivity index (χ0n) is 10.3. The van der Waals surface area contributed by atoms with Gasteiger partial charge in [-0.2, -0.15) is 0 Å². The molecule has 0 saturated heterocycles. The van der Waals surface area contributed by atoms with Gasteiger partial charge in [0.2, 0.25) is 0 Å². The van der Waals surface area contributed by atoms with E-state index in [-0.39, 0.29) is 6.04 Å². The summed E-state index contributed by atoms with van der Waals surface area (Å²) in [6, 6.07) is 8.14. The van der Waals surface area contributed by atoms with Crippen molar-refractivity contribution in [2.24, 2.45) is 0 Å². The molecule has 1 N–H and O–H groups in total. The van der Waals surface area contributed by atoms with Gasteiger partial charge in [-0.15, -0.1) is 11.8 Å². The molecule has 0 saturated carbocycles. The molecule has 17 heavy (non-hydrogen) atoms. The summed E-state index contributed by atoms with van der Waals surface area (Å²) in [5.74, 6) is -0.919. The van der Waals surface area contributed by atoms with Gasteiger partial charge in [0.25, 0.3) is 0 Å². The topological polar surface area (TPSA) is 40.5 Å². The number of hydrogen-bond donors (Lipinski definition) is 1. The highest BCUT2D eigenvalue weighted by atomic mass is 32.2. The molecule has 0 aliphatic carbocycles. The van der Waals surface area contributed by atoms with Crippen LogP contribution in [0.4, 0.5) is 0 Å². The molecule has 0 aliphatic rings. The van der Waals surface area contributed by atoms with Gasteiger partial charge in [0, 0.05) is 11.0 Å². The first-order valence-corrected chi connectivity index (χ1v) is 6.48. The molecule has 0 fully saturated rings. The van der Waals surface area contributed by atoms with Gasteiger partial charge >= 0.3 is 5.97 Å². The Morgan fingerprint density at radius 1 is 1.35 bits per heavy atom. The standard InChI is InChI=1S/C13H17NO2S/c1-14(2)12(8-9-13(15)16)10-4-6-11(17-3)7-5-10/h4-9,12H,1-3H3,(H,15,16)/b9-8+. The third kappa shape index (κ3) is 4.24. The van der Waals surface area contributed by atoms with Gasteiger partial charge in [-0.05, 0) is 38.0 Å². The molecule has 1 unspecified atom stereocenters. The SMILES string of the molecule is CSc1ccc(C(/C=C/C(=O)O)N(C)C)cc1. The number of nitrogens with zero attached hydrogens (tertiary/aromatic N) is 1. The Balaban J connectivity index is 2.93. The molecule has 92 valence electrons. The average molecular weight is 251 g/mol. The minimum Gasteiger partial charge on any atom is -0.478 e. The molecule has 0 amide bonds. The molecule has 1 aromatic rings. The number of benzene rings is 1. The van der Waals surface area contributed by atoms with Crippen LogP contribution in [0.5, 0.6) is 0 Å². The van der Waals surface area contributed by atoms with Gasteiger partial charge < -0.3 is 5.11 Å². The van der Waals surface area contributed by atoms with Crippen LogP contribution in [0.3, 0.4) is 0 Å². The number of carboxylic acid groups (broad SMARTS) is 1. The first-order chi connectivity index (χ1) is 8.04. The molecule has 0 radical (unpaired) electrons. The lowest BCUT2D eigenvalue weighted by molar-refractivity contribution is -0.131. The molecular weight excluding hydrogens is 234 g/mol. The van der Waals surface area contributed by atoms with Crippen LogP contribution in [0.25, 0.3) is 0 Å². The van der Waals surface area contributed by atoms with Crippen molar-refractivity contribution in [1.29, 1.82) is 0 Å². The predicted octanol–water partition coefficient (Wildman–Crippen LogP) is 2.65. The number of thioether (sulfide) groups is 1. The second-order valence-electron chi connectivity index (χ2n) is 3.88. The quantitative estimate of drug-likeness (QED) is 0.645. The van der Waals surface area contributed by atoms with Crippen LogP contribution in [0.15, 0.2) is 41.3 Å². The number of rotatable bonds is 5. The van der Waals surface area contributed by atoms with Crippen molar-refractivity contribution in [1.82, 2.24) is 4.90 Å². The van der Waals surface area contributed by atoms with E-state index in [0.29, 0.717) is 0 Å². The zero-order valence-corrected chi connectivity index (χ0v) is 11.1. The van der Waals surface area contributed by atoms with Crippen molar-refractivity contribution in [3.63, 3.8) is 0 Å². The van der Waals surface area contributed by atoms with Gasteiger partial charge in [-0.25, -0.2) is 4.79 Å². The second-order valence-corrected chi connectivity index (χ2v) is 4.76. The molecule has 4 heteroatoms. The summed E-state index contributed by atoms with van der Waals surface area (Å²) in [5.41, 5.74) is 1.09. The number of likely N-dealkylation sites (N-methyl/N-ethyl adjacent to an activating group) is 1. The molecule has 0 heterocycles. The van der Waals surface area contributed by atoms with Crippen molar-refractivity contribution >= 4 is 17.7 Å². The Morgan fingerprint density at radius 2 is 1.94 bits per heavy atom. The normalized spacial score (nSPS) is 13.2. The summed E-state index contributed by atoms with van der Waals surface area (Å²) < 4.78 is 0. The van der Waals surface area contributed by atoms with Gasteiger partial charge in [-0.1, -0.05) is 18.2 Å². The first-order valence-electron chi connectivity index (χ1n) is 5.26. The minimum atomic E-state index is -0.919. The van der Waals surface area contributed by atoms with Crippen LogP contribution >= 0.6 is 11.8 Å². The van der Waals surface area contributed by atoms with E-state index in [9.17, 15) is 4.79 Å². The average Bonchev–Trinajstić information content (AvgIpc) is 2.29. The minimum absolute atomic E-state index is 0.0120. The summed E-state index contributed by atoms with van der Waals surface area (Å²) in [4.78, 5) is 13.7. The van der Waals surface area contributed by atoms with Crippen LogP contribution < -0.4 is 0 Å². The molecule has 0 aromatic heterocycles. The van der Waals surface area contributed by atoms with Crippen molar-refractivity contribution < 1.29 is 9.90 Å². The number of hydrogen-bond acceptors (Lipinski definition) is 3. The fraction of sp³-hybridized carbons (Fsp3) is 0.308. The van der Waals surface area contributed by atoms with Crippen LogP contribution in [-0.4, -0.2) is 36.3 Å². The van der Waals surface area contributed by atoms with Gasteiger partial charge in [-0.3, -0.25) is 4.90 Å². The summed E-state index contributed by atoms with van der Waals surface area (Å²) in [7, 11) is 3.86. The molecule has 1 rings (SSSR count). The maximum absolute atomic E-state index is 10.5. The summed E-state index contributed by atoms with van der Waals surface area (Å²) in [6.45, 7) is 0. The van der Waals surface area contributed by atoms with Crippen LogP contribution in [0.1, 0.15) is 11.6 Å². The third-order valence-corrected chi connectivity index (χ3v) is 3.18. The van der Waals surface area contributed by atoms with E-state index in [0.717, 1.165) is 5.56 Å². The van der Waals surface area contributed by atoms with E-state index in [1.165, 1.54) is 11.0 Å². The predicted molar refractivity (Wildman–Crippen MR) is 71.4 cm³/mol. The summed E-state index contributed by atoms with van der Waals surface area (Å²) >= 11 is 1.69. The molecular formula is C13H17NO2S. The lowest BCUT2D eigenvalue weighted by atomic mass is 10.1. The summed E-state index contributed by atoms with van der Waals surface area (Å²) in [6.07, 6.45) is 4.91. The number of carbonyl (C=O) groups is 1. The molecule has 0 aliphatic heterocycles. The smallest absolute Gasteiger partial charge is 0.328 e. The highest BCUT2D eigenvalue weighted by Crippen LogP contribution is 2.22. The van der Waals surface area contributed by atoms with E-state index >= 15 is 0 Å². The van der Waals surface area contributed by atoms with Gasteiger partial charge in [0.1, 0.15) is 0 Å². The van der Waals surface area contributed by atoms with Gasteiger partial charge in [0.05, 0.1) is 6.04 Å². The fourth-order valence-electron chi connectivity index (χ4n) is 1.56. The van der Waals surface area contributed by atoms with Crippen LogP contribution in [0.2, 0.25) is 0 Å². The Kier molecular flexibility index (Phi) is 5.25. The highest BCUT2D eigenvalue weighted by Gasteiger charge is 2.10. The molecule has 3 nitrogen and oxygen atoms in total. The van der Waals surface area contributed by atoms with Crippen LogP contribution in [-0.2, 0) is 4.79 Å². The Morgan fingerprint density at radius 3 is 2.35 bits per heavy atom. The van der Waals surface area contributed by atoms with E-state index in [2.05, 4.69) is 0 Å². The van der Waals surface area contributed by atoms with Crippen molar-refractivity contribution in [3.05, 3.63) is 42.0 Å². The molecule has 1 aromatic carbocycles. The Labute approximate surface area is 106 Å². The van der Waals surface area contributed by atoms with Crippen LogP contribution in [0, 0.1) is 0 Å². The fourth-order valence-corrected chi connectivity index (χ4v) is 1.96. The molecule has 0 bridgehead atoms. The van der Waals surface area contributed by atoms with E-state index < -0.39 is 5.97 Å². The van der Waals surface area contributed by atoms with E-state index in [1.54, 1.807) is 17.8 Å². The van der Waals surface area contributed by atoms with E-state index in [4.69, 9.17) is 5.11 Å². The Bertz CT molecular complexity index is 398. The van der Waals surface area contributed by atoms with Gasteiger partial charge in [0.15, 0.2) is 0 Å². The van der Waals surface area contributed by atoms with E-state index in [1.807, 2.05) is 49.5 Å². The molecule has 1 atom stereocenters. The van der Waals surface area contributed by atoms with Crippen molar-refractivity contribution in [2.45, 2.75) is 10.9 Å². The zero-order chi connectivity index (χ0) is 12.8. The number of carboxylic acids is 1. The summed E-state index contributed by atoms with van der Waals surface area (Å²) in [5, 5.41) is 8.66. The maximum Gasteiger partial charge on any atom is 0.328 e. The first kappa shape index (κ1) is 13.8. The third-order valence-electron chi connectivity index (χ3n) is 2.43. The number of aliphatic carboxylic acids is 1. The second kappa shape index (κ2) is 6.47. The lowest BCUT2D eigenvalue weighted by Crippen LogP contribution is -2.18. The highest BCUT2D eigenvalue weighted by molar-refractivity contribution is 7.98. The lowest BCUT2D eigenvalue weighted by Gasteiger charge is -2.21. The van der Waals surface area contributed by atoms with Crippen molar-refractivity contribution in [3.8, 4) is 0 Å². The largest absolute Gasteiger partial charge is 0.478 e. The molecule has 0 spiro atoms.